The van der Waals surface area contributed by atoms with Crippen LogP contribution >= 0.6 is 11.8 Å². The Morgan fingerprint density at radius 3 is 2.60 bits per heavy atom. The molecule has 0 aromatic heterocycles. The monoisotopic (exact) mass is 230 g/mol. The van der Waals surface area contributed by atoms with Crippen LogP contribution in [0.2, 0.25) is 0 Å². The number of rotatable bonds is 6. The van der Waals surface area contributed by atoms with Crippen LogP contribution in [0.3, 0.4) is 0 Å². The lowest BCUT2D eigenvalue weighted by Gasteiger charge is -2.33. The SMILES string of the molecule is CCN1CCC(NC(C)CCSC)CC1. The summed E-state index contributed by atoms with van der Waals surface area (Å²) in [6.07, 6.45) is 6.15. The average molecular weight is 230 g/mol. The van der Waals surface area contributed by atoms with Gasteiger partial charge in [-0.3, -0.25) is 0 Å². The predicted molar refractivity (Wildman–Crippen MR) is 70.7 cm³/mol. The zero-order valence-electron chi connectivity index (χ0n) is 10.5. The lowest BCUT2D eigenvalue weighted by atomic mass is 10.0. The summed E-state index contributed by atoms with van der Waals surface area (Å²) >= 11 is 1.95. The Kier molecular flexibility index (Phi) is 6.69. The Morgan fingerprint density at radius 2 is 2.07 bits per heavy atom. The van der Waals surface area contributed by atoms with Gasteiger partial charge in [0.15, 0.2) is 0 Å². The Balaban J connectivity index is 2.12. The molecule has 0 bridgehead atoms. The van der Waals surface area contributed by atoms with Crippen molar-refractivity contribution in [1.29, 1.82) is 0 Å². The fourth-order valence-electron chi connectivity index (χ4n) is 2.20. The van der Waals surface area contributed by atoms with E-state index in [0.29, 0.717) is 6.04 Å². The molecule has 0 aliphatic carbocycles. The number of hydrogen-bond donors (Lipinski definition) is 1. The molecule has 15 heavy (non-hydrogen) atoms. The minimum atomic E-state index is 0.690. The van der Waals surface area contributed by atoms with Crippen molar-refractivity contribution >= 4 is 11.8 Å². The molecule has 0 saturated carbocycles. The molecule has 1 aliphatic heterocycles. The fraction of sp³-hybridized carbons (Fsp3) is 1.00. The van der Waals surface area contributed by atoms with Gasteiger partial charge in [0.1, 0.15) is 0 Å². The van der Waals surface area contributed by atoms with E-state index in [2.05, 4.69) is 30.3 Å². The molecule has 1 aliphatic rings. The summed E-state index contributed by atoms with van der Waals surface area (Å²) < 4.78 is 0. The van der Waals surface area contributed by atoms with E-state index in [9.17, 15) is 0 Å². The first-order chi connectivity index (χ1) is 7.26. The standard InChI is InChI=1S/C12H26N2S/c1-4-14-8-5-12(6-9-14)13-11(2)7-10-15-3/h11-13H,4-10H2,1-3H3. The molecule has 1 N–H and O–H groups in total. The molecule has 90 valence electrons. The maximum Gasteiger partial charge on any atom is 0.00938 e. The van der Waals surface area contributed by atoms with Gasteiger partial charge in [-0.2, -0.15) is 11.8 Å². The second-order valence-electron chi connectivity index (χ2n) is 4.56. The van der Waals surface area contributed by atoms with Gasteiger partial charge in [0, 0.05) is 12.1 Å². The lowest BCUT2D eigenvalue weighted by molar-refractivity contribution is 0.199. The van der Waals surface area contributed by atoms with Crippen molar-refractivity contribution in [2.24, 2.45) is 0 Å². The summed E-state index contributed by atoms with van der Waals surface area (Å²) in [5, 5.41) is 3.76. The maximum absolute atomic E-state index is 3.76. The summed E-state index contributed by atoms with van der Waals surface area (Å²) in [5.41, 5.74) is 0. The van der Waals surface area contributed by atoms with Crippen LogP contribution in [-0.4, -0.2) is 48.6 Å². The van der Waals surface area contributed by atoms with Crippen molar-refractivity contribution in [3.05, 3.63) is 0 Å². The molecule has 1 unspecified atom stereocenters. The quantitative estimate of drug-likeness (QED) is 0.753. The topological polar surface area (TPSA) is 15.3 Å². The first-order valence-electron chi connectivity index (χ1n) is 6.23. The van der Waals surface area contributed by atoms with E-state index in [1.54, 1.807) is 0 Å². The van der Waals surface area contributed by atoms with Crippen LogP contribution < -0.4 is 5.32 Å². The normalized spacial score (nSPS) is 21.8. The van der Waals surface area contributed by atoms with Gasteiger partial charge in [0.25, 0.3) is 0 Å². The van der Waals surface area contributed by atoms with Crippen molar-refractivity contribution in [2.45, 2.75) is 45.2 Å². The van der Waals surface area contributed by atoms with Gasteiger partial charge in [-0.05, 0) is 57.8 Å². The maximum atomic E-state index is 3.76. The molecule has 0 radical (unpaired) electrons. The first kappa shape index (κ1) is 13.3. The molecule has 3 heteroatoms. The zero-order chi connectivity index (χ0) is 11.1. The predicted octanol–water partition coefficient (Wildman–Crippen LogP) is 2.20. The summed E-state index contributed by atoms with van der Waals surface area (Å²) in [6.45, 7) is 8.36. The number of nitrogens with zero attached hydrogens (tertiary/aromatic N) is 1. The third-order valence-corrected chi connectivity index (χ3v) is 3.95. The van der Waals surface area contributed by atoms with Crippen LogP contribution in [0.1, 0.15) is 33.1 Å². The number of likely N-dealkylation sites (tertiary alicyclic amines) is 1. The van der Waals surface area contributed by atoms with Crippen LogP contribution in [0.4, 0.5) is 0 Å². The Morgan fingerprint density at radius 1 is 1.40 bits per heavy atom. The summed E-state index contributed by atoms with van der Waals surface area (Å²) in [6, 6.07) is 1.46. The Hall–Kier alpha value is 0.270. The van der Waals surface area contributed by atoms with E-state index in [1.165, 1.54) is 44.6 Å². The molecule has 1 fully saturated rings. The highest BCUT2D eigenvalue weighted by Crippen LogP contribution is 2.11. The molecular weight excluding hydrogens is 204 g/mol. The molecule has 2 nitrogen and oxygen atoms in total. The van der Waals surface area contributed by atoms with Crippen LogP contribution in [0.25, 0.3) is 0 Å². The minimum Gasteiger partial charge on any atom is -0.311 e. The van der Waals surface area contributed by atoms with E-state index < -0.39 is 0 Å². The number of thioether (sulfide) groups is 1. The molecule has 0 amide bonds. The van der Waals surface area contributed by atoms with Gasteiger partial charge in [0.2, 0.25) is 0 Å². The fourth-order valence-corrected chi connectivity index (χ4v) is 2.79. The van der Waals surface area contributed by atoms with Gasteiger partial charge in [0.05, 0.1) is 0 Å². The second-order valence-corrected chi connectivity index (χ2v) is 5.54. The summed E-state index contributed by atoms with van der Waals surface area (Å²) in [7, 11) is 0. The second kappa shape index (κ2) is 7.53. The molecule has 0 spiro atoms. The van der Waals surface area contributed by atoms with Crippen molar-refractivity contribution in [3.8, 4) is 0 Å². The van der Waals surface area contributed by atoms with Gasteiger partial charge in [-0.15, -0.1) is 0 Å². The van der Waals surface area contributed by atoms with Crippen molar-refractivity contribution < 1.29 is 0 Å². The van der Waals surface area contributed by atoms with Crippen LogP contribution in [0.5, 0.6) is 0 Å². The lowest BCUT2D eigenvalue weighted by Crippen LogP contribution is -2.45. The van der Waals surface area contributed by atoms with Gasteiger partial charge >= 0.3 is 0 Å². The molecule has 1 saturated heterocycles. The molecule has 0 aromatic rings. The van der Waals surface area contributed by atoms with Crippen LogP contribution in [0, 0.1) is 0 Å². The average Bonchev–Trinajstić information content (AvgIpc) is 2.27. The van der Waals surface area contributed by atoms with E-state index in [4.69, 9.17) is 0 Å². The van der Waals surface area contributed by atoms with E-state index in [0.717, 1.165) is 6.04 Å². The van der Waals surface area contributed by atoms with Crippen LogP contribution in [0.15, 0.2) is 0 Å². The van der Waals surface area contributed by atoms with Gasteiger partial charge in [-0.1, -0.05) is 6.92 Å². The molecular formula is C12H26N2S. The van der Waals surface area contributed by atoms with Crippen molar-refractivity contribution in [1.82, 2.24) is 10.2 Å². The highest BCUT2D eigenvalue weighted by molar-refractivity contribution is 7.98. The number of piperidine rings is 1. The molecule has 1 atom stereocenters. The van der Waals surface area contributed by atoms with Crippen molar-refractivity contribution in [2.75, 3.05) is 31.6 Å². The van der Waals surface area contributed by atoms with Gasteiger partial charge in [-0.25, -0.2) is 0 Å². The number of hydrogen-bond acceptors (Lipinski definition) is 3. The number of nitrogens with one attached hydrogen (secondary N) is 1. The Bertz CT molecular complexity index is 156. The van der Waals surface area contributed by atoms with Crippen LogP contribution in [-0.2, 0) is 0 Å². The smallest absolute Gasteiger partial charge is 0.00938 e. The van der Waals surface area contributed by atoms with E-state index >= 15 is 0 Å². The molecule has 1 rings (SSSR count). The summed E-state index contributed by atoms with van der Waals surface area (Å²) in [5.74, 6) is 1.28. The van der Waals surface area contributed by atoms with E-state index in [1.807, 2.05) is 11.8 Å². The zero-order valence-corrected chi connectivity index (χ0v) is 11.3. The van der Waals surface area contributed by atoms with Gasteiger partial charge < -0.3 is 10.2 Å². The van der Waals surface area contributed by atoms with Crippen molar-refractivity contribution in [3.63, 3.8) is 0 Å². The highest BCUT2D eigenvalue weighted by Gasteiger charge is 2.18. The first-order valence-corrected chi connectivity index (χ1v) is 7.63. The molecule has 0 aromatic carbocycles. The minimum absolute atomic E-state index is 0.690. The third kappa shape index (κ3) is 5.23. The Labute approximate surface area is 99.2 Å². The highest BCUT2D eigenvalue weighted by atomic mass is 32.2. The van der Waals surface area contributed by atoms with E-state index in [-0.39, 0.29) is 0 Å². The summed E-state index contributed by atoms with van der Waals surface area (Å²) in [4.78, 5) is 2.55. The largest absolute Gasteiger partial charge is 0.311 e. The third-order valence-electron chi connectivity index (χ3n) is 3.31. The molecule has 1 heterocycles.